The fourth-order valence-corrected chi connectivity index (χ4v) is 3.55. The van der Waals surface area contributed by atoms with E-state index < -0.39 is 0 Å². The van der Waals surface area contributed by atoms with Crippen molar-refractivity contribution in [2.45, 2.75) is 35.2 Å². The Labute approximate surface area is 108 Å². The van der Waals surface area contributed by atoms with Crippen LogP contribution in [0.3, 0.4) is 0 Å². The van der Waals surface area contributed by atoms with E-state index in [1.807, 2.05) is 0 Å². The molecule has 2 N–H and O–H groups in total. The van der Waals surface area contributed by atoms with Gasteiger partial charge in [-0.3, -0.25) is 0 Å². The third kappa shape index (κ3) is 2.20. The SMILES string of the molecule is NCc1cc2c(nc1Sc1nncs1)CCC2. The molecule has 2 heterocycles. The van der Waals surface area contributed by atoms with E-state index in [0.29, 0.717) is 6.54 Å². The lowest BCUT2D eigenvalue weighted by molar-refractivity contribution is 0.883. The molecule has 0 radical (unpaired) electrons. The van der Waals surface area contributed by atoms with Crippen molar-refractivity contribution in [3.8, 4) is 0 Å². The van der Waals surface area contributed by atoms with Crippen LogP contribution in [-0.2, 0) is 19.4 Å². The van der Waals surface area contributed by atoms with Gasteiger partial charge in [-0.05, 0) is 42.2 Å². The molecule has 0 atom stereocenters. The van der Waals surface area contributed by atoms with Gasteiger partial charge in [0.1, 0.15) is 10.5 Å². The Balaban J connectivity index is 1.97. The maximum absolute atomic E-state index is 5.79. The van der Waals surface area contributed by atoms with E-state index in [4.69, 9.17) is 10.7 Å². The van der Waals surface area contributed by atoms with E-state index in [-0.39, 0.29) is 0 Å². The van der Waals surface area contributed by atoms with Crippen LogP contribution < -0.4 is 5.73 Å². The predicted octanol–water partition coefficient (Wildman–Crippen LogP) is 2.03. The van der Waals surface area contributed by atoms with Crippen molar-refractivity contribution in [1.82, 2.24) is 15.2 Å². The fourth-order valence-electron chi connectivity index (χ4n) is 2.03. The number of aromatic nitrogens is 3. The Morgan fingerprint density at radius 1 is 1.41 bits per heavy atom. The second kappa shape index (κ2) is 4.72. The Hall–Kier alpha value is -0.980. The molecule has 88 valence electrons. The number of rotatable bonds is 3. The molecular formula is C11H12N4S2. The zero-order valence-corrected chi connectivity index (χ0v) is 10.9. The van der Waals surface area contributed by atoms with Crippen LogP contribution in [0, 0.1) is 0 Å². The van der Waals surface area contributed by atoms with Crippen molar-refractivity contribution in [3.05, 3.63) is 28.4 Å². The van der Waals surface area contributed by atoms with Gasteiger partial charge in [0.2, 0.25) is 0 Å². The van der Waals surface area contributed by atoms with E-state index in [9.17, 15) is 0 Å². The number of hydrogen-bond donors (Lipinski definition) is 1. The summed E-state index contributed by atoms with van der Waals surface area (Å²) >= 11 is 3.10. The molecular weight excluding hydrogens is 252 g/mol. The van der Waals surface area contributed by atoms with Crippen molar-refractivity contribution < 1.29 is 0 Å². The molecule has 6 heteroatoms. The number of aryl methyl sites for hydroxylation is 2. The highest BCUT2D eigenvalue weighted by Gasteiger charge is 2.17. The van der Waals surface area contributed by atoms with Crippen molar-refractivity contribution in [1.29, 1.82) is 0 Å². The molecule has 4 nitrogen and oxygen atoms in total. The van der Waals surface area contributed by atoms with E-state index in [1.165, 1.54) is 29.0 Å². The highest BCUT2D eigenvalue weighted by molar-refractivity contribution is 8.01. The molecule has 3 rings (SSSR count). The van der Waals surface area contributed by atoms with E-state index in [0.717, 1.165) is 27.8 Å². The van der Waals surface area contributed by atoms with Crippen LogP contribution in [0.4, 0.5) is 0 Å². The van der Waals surface area contributed by atoms with Crippen LogP contribution in [0.1, 0.15) is 23.2 Å². The zero-order chi connectivity index (χ0) is 11.7. The first-order chi connectivity index (χ1) is 8.36. The fraction of sp³-hybridized carbons (Fsp3) is 0.364. The lowest BCUT2D eigenvalue weighted by atomic mass is 10.1. The number of pyridine rings is 1. The average Bonchev–Trinajstić information content (AvgIpc) is 2.98. The summed E-state index contributed by atoms with van der Waals surface area (Å²) in [4.78, 5) is 4.72. The number of fused-ring (bicyclic) bond motifs is 1. The molecule has 1 aliphatic rings. The molecule has 1 aliphatic carbocycles. The summed E-state index contributed by atoms with van der Waals surface area (Å²) in [5.74, 6) is 0. The molecule has 0 saturated carbocycles. The highest BCUT2D eigenvalue weighted by atomic mass is 32.2. The van der Waals surface area contributed by atoms with E-state index >= 15 is 0 Å². The van der Waals surface area contributed by atoms with Crippen molar-refractivity contribution >= 4 is 23.1 Å². The second-order valence-electron chi connectivity index (χ2n) is 3.92. The van der Waals surface area contributed by atoms with Gasteiger partial charge < -0.3 is 5.73 Å². The molecule has 0 saturated heterocycles. The van der Waals surface area contributed by atoms with Crippen LogP contribution >= 0.6 is 23.1 Å². The minimum absolute atomic E-state index is 0.529. The molecule has 0 amide bonds. The van der Waals surface area contributed by atoms with Crippen molar-refractivity contribution in [3.63, 3.8) is 0 Å². The van der Waals surface area contributed by atoms with Gasteiger partial charge in [0.05, 0.1) is 0 Å². The van der Waals surface area contributed by atoms with Crippen LogP contribution in [-0.4, -0.2) is 15.2 Å². The number of nitrogens with two attached hydrogens (primary N) is 1. The van der Waals surface area contributed by atoms with Crippen molar-refractivity contribution in [2.24, 2.45) is 5.73 Å². The first-order valence-electron chi connectivity index (χ1n) is 5.52. The zero-order valence-electron chi connectivity index (χ0n) is 9.22. The van der Waals surface area contributed by atoms with Gasteiger partial charge in [-0.15, -0.1) is 10.2 Å². The molecule has 0 aromatic carbocycles. The largest absolute Gasteiger partial charge is 0.326 e. The molecule has 17 heavy (non-hydrogen) atoms. The highest BCUT2D eigenvalue weighted by Crippen LogP contribution is 2.32. The summed E-state index contributed by atoms with van der Waals surface area (Å²) in [6, 6.07) is 2.21. The van der Waals surface area contributed by atoms with Gasteiger partial charge in [0.25, 0.3) is 0 Å². The first-order valence-corrected chi connectivity index (χ1v) is 7.22. The topological polar surface area (TPSA) is 64.7 Å². The lowest BCUT2D eigenvalue weighted by Gasteiger charge is -2.08. The molecule has 2 aromatic rings. The standard InChI is InChI=1S/C11H12N4S2/c12-5-8-4-7-2-1-3-9(7)14-10(8)17-11-15-13-6-16-11/h4,6H,1-3,5,12H2. The van der Waals surface area contributed by atoms with Crippen molar-refractivity contribution in [2.75, 3.05) is 0 Å². The van der Waals surface area contributed by atoms with Gasteiger partial charge in [0.15, 0.2) is 4.34 Å². The van der Waals surface area contributed by atoms with Gasteiger partial charge in [-0.1, -0.05) is 17.4 Å². The summed E-state index contributed by atoms with van der Waals surface area (Å²) in [5.41, 5.74) is 11.2. The van der Waals surface area contributed by atoms with Gasteiger partial charge in [-0.25, -0.2) is 4.98 Å². The molecule has 0 bridgehead atoms. The monoisotopic (exact) mass is 264 g/mol. The number of nitrogens with zero attached hydrogens (tertiary/aromatic N) is 3. The van der Waals surface area contributed by atoms with Gasteiger partial charge >= 0.3 is 0 Å². The summed E-state index contributed by atoms with van der Waals surface area (Å²) in [6.45, 7) is 0.529. The van der Waals surface area contributed by atoms with Crippen LogP contribution in [0.2, 0.25) is 0 Å². The Morgan fingerprint density at radius 2 is 2.35 bits per heavy atom. The molecule has 0 unspecified atom stereocenters. The summed E-state index contributed by atoms with van der Waals surface area (Å²) in [7, 11) is 0. The summed E-state index contributed by atoms with van der Waals surface area (Å²) < 4.78 is 0.921. The van der Waals surface area contributed by atoms with Gasteiger partial charge in [0, 0.05) is 12.2 Å². The average molecular weight is 264 g/mol. The van der Waals surface area contributed by atoms with Crippen LogP contribution in [0.25, 0.3) is 0 Å². The van der Waals surface area contributed by atoms with E-state index in [1.54, 1.807) is 17.3 Å². The third-order valence-electron chi connectivity index (χ3n) is 2.83. The van der Waals surface area contributed by atoms with Crippen LogP contribution in [0.5, 0.6) is 0 Å². The molecule has 2 aromatic heterocycles. The minimum atomic E-state index is 0.529. The minimum Gasteiger partial charge on any atom is -0.326 e. The second-order valence-corrected chi connectivity index (χ2v) is 5.99. The van der Waals surface area contributed by atoms with E-state index in [2.05, 4.69) is 16.3 Å². The third-order valence-corrected chi connectivity index (χ3v) is 4.66. The Morgan fingerprint density at radius 3 is 3.12 bits per heavy atom. The maximum Gasteiger partial charge on any atom is 0.180 e. The van der Waals surface area contributed by atoms with Gasteiger partial charge in [-0.2, -0.15) is 0 Å². The smallest absolute Gasteiger partial charge is 0.180 e. The first kappa shape index (κ1) is 11.1. The molecule has 0 aliphatic heterocycles. The molecule has 0 fully saturated rings. The predicted molar refractivity (Wildman–Crippen MR) is 68.2 cm³/mol. The number of hydrogen-bond acceptors (Lipinski definition) is 6. The summed E-state index contributed by atoms with van der Waals surface area (Å²) in [5, 5.41) is 8.86. The Bertz CT molecular complexity index is 525. The summed E-state index contributed by atoms with van der Waals surface area (Å²) in [6.07, 6.45) is 3.43. The van der Waals surface area contributed by atoms with Crippen LogP contribution in [0.15, 0.2) is 20.9 Å². The normalized spacial score (nSPS) is 13.9. The quantitative estimate of drug-likeness (QED) is 0.919. The maximum atomic E-state index is 5.79. The Kier molecular flexibility index (Phi) is 3.09. The lowest BCUT2D eigenvalue weighted by Crippen LogP contribution is -2.03. The molecule has 0 spiro atoms.